The van der Waals surface area contributed by atoms with Gasteiger partial charge in [0.15, 0.2) is 5.41 Å². The minimum absolute atomic E-state index is 0.131. The van der Waals surface area contributed by atoms with Crippen LogP contribution in [0.25, 0.3) is 0 Å². The fourth-order valence-electron chi connectivity index (χ4n) is 2.37. The van der Waals surface area contributed by atoms with Crippen LogP contribution in [0.5, 0.6) is 0 Å². The molecule has 0 aromatic heterocycles. The van der Waals surface area contributed by atoms with Crippen LogP contribution >= 0.6 is 0 Å². The van der Waals surface area contributed by atoms with Gasteiger partial charge in [0.2, 0.25) is 0 Å². The van der Waals surface area contributed by atoms with E-state index in [1.165, 1.54) is 7.11 Å². The third-order valence-electron chi connectivity index (χ3n) is 3.45. The van der Waals surface area contributed by atoms with Crippen molar-refractivity contribution in [1.82, 2.24) is 0 Å². The Hall–Kier alpha value is -1.84. The first-order valence-corrected chi connectivity index (χ1v) is 5.47. The van der Waals surface area contributed by atoms with Crippen LogP contribution in [-0.2, 0) is 14.3 Å². The smallest absolute Gasteiger partial charge is 0.323 e. The van der Waals surface area contributed by atoms with E-state index in [9.17, 15) is 9.59 Å². The Balaban J connectivity index is 2.14. The lowest BCUT2D eigenvalue weighted by molar-refractivity contribution is -0.175. The molecule has 1 aliphatic rings. The van der Waals surface area contributed by atoms with Crippen LogP contribution in [0.1, 0.15) is 24.3 Å². The van der Waals surface area contributed by atoms with E-state index in [1.807, 2.05) is 30.3 Å². The molecule has 1 aromatic carbocycles. The molecule has 0 amide bonds. The standard InChI is InChI=1S/C13H14O4/c1-17-12(16)13(11(14)15)7-10(8-13)9-5-3-2-4-6-9/h2-6,10H,7-8H2,1H3,(H,14,15). The molecule has 1 aliphatic carbocycles. The number of carboxylic acid groups (broad SMARTS) is 1. The molecule has 0 saturated heterocycles. The van der Waals surface area contributed by atoms with Crippen LogP contribution in [0.4, 0.5) is 0 Å². The SMILES string of the molecule is COC(=O)C1(C(=O)O)CC(c2ccccc2)C1. The zero-order chi connectivity index (χ0) is 12.5. The number of methoxy groups -OCH3 is 1. The number of hydrogen-bond acceptors (Lipinski definition) is 3. The van der Waals surface area contributed by atoms with Gasteiger partial charge in [-0.25, -0.2) is 0 Å². The normalized spacial score (nSPS) is 27.0. The van der Waals surface area contributed by atoms with Gasteiger partial charge in [-0.15, -0.1) is 0 Å². The van der Waals surface area contributed by atoms with E-state index in [4.69, 9.17) is 5.11 Å². The molecular formula is C13H14O4. The number of carbonyl (C=O) groups is 2. The maximum absolute atomic E-state index is 11.5. The minimum atomic E-state index is -1.34. The lowest BCUT2D eigenvalue weighted by Gasteiger charge is -2.42. The Labute approximate surface area is 99.2 Å². The van der Waals surface area contributed by atoms with Gasteiger partial charge < -0.3 is 9.84 Å². The average Bonchev–Trinajstić information content (AvgIpc) is 2.28. The van der Waals surface area contributed by atoms with Gasteiger partial charge in [-0.3, -0.25) is 9.59 Å². The highest BCUT2D eigenvalue weighted by molar-refractivity contribution is 6.00. The molecule has 90 valence electrons. The minimum Gasteiger partial charge on any atom is -0.480 e. The lowest BCUT2D eigenvalue weighted by atomic mass is 9.60. The molecule has 0 atom stereocenters. The highest BCUT2D eigenvalue weighted by Crippen LogP contribution is 2.51. The van der Waals surface area contributed by atoms with Crippen molar-refractivity contribution in [1.29, 1.82) is 0 Å². The first kappa shape index (κ1) is 11.6. The topological polar surface area (TPSA) is 63.6 Å². The predicted octanol–water partition coefficient (Wildman–Crippen LogP) is 1.81. The summed E-state index contributed by atoms with van der Waals surface area (Å²) in [4.78, 5) is 22.7. The Kier molecular flexibility index (Phi) is 2.88. The van der Waals surface area contributed by atoms with E-state index in [1.54, 1.807) is 0 Å². The summed E-state index contributed by atoms with van der Waals surface area (Å²) < 4.78 is 4.58. The van der Waals surface area contributed by atoms with Crippen molar-refractivity contribution in [2.24, 2.45) is 5.41 Å². The number of benzene rings is 1. The molecule has 0 spiro atoms. The van der Waals surface area contributed by atoms with Gasteiger partial charge in [-0.2, -0.15) is 0 Å². The molecule has 1 aromatic rings. The summed E-state index contributed by atoms with van der Waals surface area (Å²) in [5, 5.41) is 9.15. The van der Waals surface area contributed by atoms with Crippen LogP contribution in [-0.4, -0.2) is 24.2 Å². The fourth-order valence-corrected chi connectivity index (χ4v) is 2.37. The van der Waals surface area contributed by atoms with E-state index in [2.05, 4.69) is 4.74 Å². The van der Waals surface area contributed by atoms with Crippen molar-refractivity contribution in [2.75, 3.05) is 7.11 Å². The van der Waals surface area contributed by atoms with E-state index >= 15 is 0 Å². The third kappa shape index (κ3) is 1.79. The number of aliphatic carboxylic acids is 1. The van der Waals surface area contributed by atoms with Crippen LogP contribution in [0, 0.1) is 5.41 Å². The van der Waals surface area contributed by atoms with Crippen molar-refractivity contribution >= 4 is 11.9 Å². The number of hydrogen-bond donors (Lipinski definition) is 1. The zero-order valence-corrected chi connectivity index (χ0v) is 9.55. The Morgan fingerprint density at radius 1 is 1.29 bits per heavy atom. The molecule has 2 rings (SSSR count). The Morgan fingerprint density at radius 2 is 1.88 bits per heavy atom. The van der Waals surface area contributed by atoms with E-state index in [-0.39, 0.29) is 5.92 Å². The highest BCUT2D eigenvalue weighted by Gasteiger charge is 2.57. The summed E-state index contributed by atoms with van der Waals surface area (Å²) in [6.45, 7) is 0. The second-order valence-corrected chi connectivity index (χ2v) is 4.39. The van der Waals surface area contributed by atoms with Gasteiger partial charge >= 0.3 is 11.9 Å². The molecule has 0 radical (unpaired) electrons. The summed E-state index contributed by atoms with van der Waals surface area (Å²) in [5.74, 6) is -1.60. The van der Waals surface area contributed by atoms with Gasteiger partial charge in [0.05, 0.1) is 7.11 Å². The monoisotopic (exact) mass is 234 g/mol. The maximum Gasteiger partial charge on any atom is 0.323 e. The summed E-state index contributed by atoms with van der Waals surface area (Å²) in [5.41, 5.74) is -0.261. The molecule has 0 bridgehead atoms. The number of carboxylic acids is 1. The van der Waals surface area contributed by atoms with Gasteiger partial charge in [0, 0.05) is 0 Å². The Morgan fingerprint density at radius 3 is 2.35 bits per heavy atom. The number of carbonyl (C=O) groups excluding carboxylic acids is 1. The average molecular weight is 234 g/mol. The second kappa shape index (κ2) is 4.20. The van der Waals surface area contributed by atoms with Crippen LogP contribution < -0.4 is 0 Å². The van der Waals surface area contributed by atoms with Gasteiger partial charge in [0.25, 0.3) is 0 Å². The van der Waals surface area contributed by atoms with Crippen LogP contribution in [0.15, 0.2) is 30.3 Å². The first-order valence-electron chi connectivity index (χ1n) is 5.47. The molecule has 1 saturated carbocycles. The van der Waals surface area contributed by atoms with E-state index < -0.39 is 17.4 Å². The fraction of sp³-hybridized carbons (Fsp3) is 0.385. The summed E-state index contributed by atoms with van der Waals surface area (Å²) in [6.07, 6.45) is 0.637. The molecule has 4 nitrogen and oxygen atoms in total. The van der Waals surface area contributed by atoms with Gasteiger partial charge in [-0.05, 0) is 24.3 Å². The van der Waals surface area contributed by atoms with Crippen LogP contribution in [0.2, 0.25) is 0 Å². The lowest BCUT2D eigenvalue weighted by Crippen LogP contribution is -2.49. The predicted molar refractivity (Wildman–Crippen MR) is 60.5 cm³/mol. The molecular weight excluding hydrogens is 220 g/mol. The van der Waals surface area contributed by atoms with E-state index in [0.717, 1.165) is 5.56 Å². The third-order valence-corrected chi connectivity index (χ3v) is 3.45. The molecule has 1 fully saturated rings. The quantitative estimate of drug-likeness (QED) is 0.640. The number of rotatable bonds is 3. The molecule has 17 heavy (non-hydrogen) atoms. The zero-order valence-electron chi connectivity index (χ0n) is 9.55. The highest BCUT2D eigenvalue weighted by atomic mass is 16.5. The molecule has 4 heteroatoms. The van der Waals surface area contributed by atoms with E-state index in [0.29, 0.717) is 12.8 Å². The summed E-state index contributed by atoms with van der Waals surface area (Å²) in [7, 11) is 1.23. The molecule has 1 N–H and O–H groups in total. The van der Waals surface area contributed by atoms with Crippen molar-refractivity contribution < 1.29 is 19.4 Å². The largest absolute Gasteiger partial charge is 0.480 e. The van der Waals surface area contributed by atoms with Crippen molar-refractivity contribution in [2.45, 2.75) is 18.8 Å². The maximum atomic E-state index is 11.5. The summed E-state index contributed by atoms with van der Waals surface area (Å²) >= 11 is 0. The summed E-state index contributed by atoms with van der Waals surface area (Å²) in [6, 6.07) is 9.64. The van der Waals surface area contributed by atoms with Gasteiger partial charge in [-0.1, -0.05) is 30.3 Å². The number of esters is 1. The molecule has 0 heterocycles. The van der Waals surface area contributed by atoms with Crippen molar-refractivity contribution in [3.63, 3.8) is 0 Å². The van der Waals surface area contributed by atoms with Crippen LogP contribution in [0.3, 0.4) is 0 Å². The van der Waals surface area contributed by atoms with Gasteiger partial charge in [0.1, 0.15) is 0 Å². The Bertz CT molecular complexity index is 432. The second-order valence-electron chi connectivity index (χ2n) is 4.39. The number of ether oxygens (including phenoxy) is 1. The molecule has 0 unspecified atom stereocenters. The molecule has 0 aliphatic heterocycles. The van der Waals surface area contributed by atoms with Crippen molar-refractivity contribution in [3.05, 3.63) is 35.9 Å². The first-order chi connectivity index (χ1) is 8.10. The van der Waals surface area contributed by atoms with Crippen molar-refractivity contribution in [3.8, 4) is 0 Å².